The lowest BCUT2D eigenvalue weighted by molar-refractivity contribution is -0.114. The minimum Gasteiger partial charge on any atom is -0.335 e. The quantitative estimate of drug-likeness (QED) is 0.727. The molecule has 9 nitrogen and oxygen atoms in total. The number of hydrogen-bond donors (Lipinski definition) is 2. The molecule has 164 valence electrons. The van der Waals surface area contributed by atoms with Crippen LogP contribution in [0.1, 0.15) is 27.6 Å². The van der Waals surface area contributed by atoms with Crippen LogP contribution in [-0.2, 0) is 14.8 Å². The van der Waals surface area contributed by atoms with Crippen molar-refractivity contribution in [2.24, 2.45) is 0 Å². The average Bonchev–Trinajstić information content (AvgIpc) is 2.72. The highest BCUT2D eigenvalue weighted by molar-refractivity contribution is 7.92. The molecule has 31 heavy (non-hydrogen) atoms. The van der Waals surface area contributed by atoms with Crippen molar-refractivity contribution in [3.63, 3.8) is 0 Å². The Morgan fingerprint density at radius 2 is 1.35 bits per heavy atom. The van der Waals surface area contributed by atoms with Gasteiger partial charge >= 0.3 is 0 Å². The third kappa shape index (κ3) is 6.05. The van der Waals surface area contributed by atoms with Gasteiger partial charge < -0.3 is 15.1 Å². The lowest BCUT2D eigenvalue weighted by Crippen LogP contribution is -2.50. The minimum atomic E-state index is -3.38. The van der Waals surface area contributed by atoms with E-state index in [4.69, 9.17) is 0 Å². The Balaban J connectivity index is 1.59. The van der Waals surface area contributed by atoms with Crippen LogP contribution in [0.25, 0.3) is 0 Å². The van der Waals surface area contributed by atoms with Crippen LogP contribution in [-0.4, -0.2) is 68.4 Å². The molecule has 3 amide bonds. The first-order chi connectivity index (χ1) is 14.6. The molecule has 0 unspecified atom stereocenters. The molecule has 0 aliphatic carbocycles. The maximum absolute atomic E-state index is 12.8. The van der Waals surface area contributed by atoms with Crippen LogP contribution in [0.2, 0.25) is 0 Å². The van der Waals surface area contributed by atoms with E-state index in [1.807, 2.05) is 0 Å². The molecule has 0 aromatic heterocycles. The van der Waals surface area contributed by atoms with E-state index in [2.05, 4.69) is 10.0 Å². The summed E-state index contributed by atoms with van der Waals surface area (Å²) in [6, 6.07) is 13.0. The van der Waals surface area contributed by atoms with Gasteiger partial charge in [0.1, 0.15) is 0 Å². The van der Waals surface area contributed by atoms with Crippen molar-refractivity contribution in [3.05, 3.63) is 59.7 Å². The molecule has 0 bridgehead atoms. The van der Waals surface area contributed by atoms with Crippen molar-refractivity contribution < 1.29 is 22.8 Å². The second-order valence-electron chi connectivity index (χ2n) is 7.30. The fourth-order valence-corrected chi connectivity index (χ4v) is 3.87. The van der Waals surface area contributed by atoms with E-state index in [1.54, 1.807) is 46.2 Å². The van der Waals surface area contributed by atoms with Gasteiger partial charge in [0, 0.05) is 55.6 Å². The topological polar surface area (TPSA) is 116 Å². The summed E-state index contributed by atoms with van der Waals surface area (Å²) in [4.78, 5) is 40.1. The number of nitrogens with zero attached hydrogens (tertiary/aromatic N) is 2. The number of carbonyl (C=O) groups excluding carboxylic acids is 3. The molecule has 1 heterocycles. The molecular weight excluding hydrogens is 420 g/mol. The summed E-state index contributed by atoms with van der Waals surface area (Å²) >= 11 is 0. The first kappa shape index (κ1) is 22.3. The van der Waals surface area contributed by atoms with Crippen LogP contribution in [0.5, 0.6) is 0 Å². The SMILES string of the molecule is CC(=O)Nc1cccc(C(=O)N2CCN(C(=O)c3ccc(NS(C)(=O)=O)cc3)CC2)c1. The molecule has 2 N–H and O–H groups in total. The summed E-state index contributed by atoms with van der Waals surface area (Å²) in [5.74, 6) is -0.543. The van der Waals surface area contributed by atoms with E-state index in [0.29, 0.717) is 48.7 Å². The maximum atomic E-state index is 12.8. The molecule has 0 saturated carbocycles. The Bertz CT molecular complexity index is 1090. The first-order valence-electron chi connectivity index (χ1n) is 9.66. The third-order valence-corrected chi connectivity index (χ3v) is 5.33. The van der Waals surface area contributed by atoms with E-state index in [1.165, 1.54) is 19.1 Å². The number of anilines is 2. The predicted molar refractivity (Wildman–Crippen MR) is 117 cm³/mol. The fourth-order valence-electron chi connectivity index (χ4n) is 3.31. The predicted octanol–water partition coefficient (Wildman–Crippen LogP) is 1.61. The van der Waals surface area contributed by atoms with Gasteiger partial charge in [-0.2, -0.15) is 0 Å². The summed E-state index contributed by atoms with van der Waals surface area (Å²) in [7, 11) is -3.38. The summed E-state index contributed by atoms with van der Waals surface area (Å²) in [6.45, 7) is 2.96. The molecule has 1 fully saturated rings. The Morgan fingerprint density at radius 3 is 1.87 bits per heavy atom. The monoisotopic (exact) mass is 444 g/mol. The zero-order valence-electron chi connectivity index (χ0n) is 17.3. The van der Waals surface area contributed by atoms with Gasteiger partial charge in [-0.25, -0.2) is 8.42 Å². The smallest absolute Gasteiger partial charge is 0.254 e. The molecule has 1 aliphatic rings. The zero-order valence-corrected chi connectivity index (χ0v) is 18.1. The molecule has 0 atom stereocenters. The third-order valence-electron chi connectivity index (χ3n) is 4.72. The number of sulfonamides is 1. The van der Waals surface area contributed by atoms with Gasteiger partial charge in [-0.3, -0.25) is 19.1 Å². The number of piperazine rings is 1. The molecule has 2 aromatic rings. The Labute approximate surface area is 181 Å². The zero-order chi connectivity index (χ0) is 22.6. The number of carbonyl (C=O) groups is 3. The number of nitrogens with one attached hydrogen (secondary N) is 2. The lowest BCUT2D eigenvalue weighted by Gasteiger charge is -2.35. The standard InChI is InChI=1S/C21H24N4O5S/c1-15(26)22-19-5-3-4-17(14-19)21(28)25-12-10-24(11-13-25)20(27)16-6-8-18(9-7-16)23-31(2,29)30/h3-9,14,23H,10-13H2,1-2H3,(H,22,26). The Hall–Kier alpha value is -3.40. The lowest BCUT2D eigenvalue weighted by atomic mass is 10.1. The highest BCUT2D eigenvalue weighted by atomic mass is 32.2. The number of benzene rings is 2. The summed E-state index contributed by atoms with van der Waals surface area (Å²) in [5, 5.41) is 2.66. The van der Waals surface area contributed by atoms with E-state index >= 15 is 0 Å². The molecule has 1 saturated heterocycles. The molecule has 0 radical (unpaired) electrons. The van der Waals surface area contributed by atoms with Gasteiger partial charge in [0.25, 0.3) is 11.8 Å². The highest BCUT2D eigenvalue weighted by Gasteiger charge is 2.25. The van der Waals surface area contributed by atoms with E-state index < -0.39 is 10.0 Å². The molecule has 10 heteroatoms. The maximum Gasteiger partial charge on any atom is 0.254 e. The van der Waals surface area contributed by atoms with Gasteiger partial charge in [0.15, 0.2) is 0 Å². The van der Waals surface area contributed by atoms with Gasteiger partial charge in [0.2, 0.25) is 15.9 Å². The number of amides is 3. The second-order valence-corrected chi connectivity index (χ2v) is 9.05. The average molecular weight is 445 g/mol. The highest BCUT2D eigenvalue weighted by Crippen LogP contribution is 2.17. The molecule has 0 spiro atoms. The molecular formula is C21H24N4O5S. The van der Waals surface area contributed by atoms with Gasteiger partial charge in [-0.15, -0.1) is 0 Å². The normalized spacial score (nSPS) is 14.1. The first-order valence-corrected chi connectivity index (χ1v) is 11.6. The van der Waals surface area contributed by atoms with Crippen LogP contribution >= 0.6 is 0 Å². The van der Waals surface area contributed by atoms with E-state index in [0.717, 1.165) is 6.26 Å². The minimum absolute atomic E-state index is 0.157. The number of rotatable bonds is 5. The van der Waals surface area contributed by atoms with Crippen LogP contribution < -0.4 is 10.0 Å². The van der Waals surface area contributed by atoms with Crippen molar-refractivity contribution in [1.82, 2.24) is 9.80 Å². The summed E-state index contributed by atoms with van der Waals surface area (Å²) in [6.07, 6.45) is 1.06. The second kappa shape index (κ2) is 9.17. The molecule has 2 aromatic carbocycles. The van der Waals surface area contributed by atoms with Crippen LogP contribution in [0.3, 0.4) is 0 Å². The van der Waals surface area contributed by atoms with Crippen molar-refractivity contribution in [2.75, 3.05) is 42.5 Å². The van der Waals surface area contributed by atoms with Crippen LogP contribution in [0.15, 0.2) is 48.5 Å². The van der Waals surface area contributed by atoms with Gasteiger partial charge in [-0.05, 0) is 42.5 Å². The summed E-state index contributed by atoms with van der Waals surface area (Å²) in [5.41, 5.74) is 1.86. The van der Waals surface area contributed by atoms with Gasteiger partial charge in [0.05, 0.1) is 6.26 Å². The molecule has 1 aliphatic heterocycles. The summed E-state index contributed by atoms with van der Waals surface area (Å²) < 4.78 is 24.9. The Kier molecular flexibility index (Phi) is 6.59. The van der Waals surface area contributed by atoms with E-state index in [9.17, 15) is 22.8 Å². The van der Waals surface area contributed by atoms with Crippen molar-refractivity contribution in [2.45, 2.75) is 6.92 Å². The Morgan fingerprint density at radius 1 is 0.806 bits per heavy atom. The number of hydrogen-bond acceptors (Lipinski definition) is 5. The van der Waals surface area contributed by atoms with Crippen LogP contribution in [0, 0.1) is 0 Å². The largest absolute Gasteiger partial charge is 0.335 e. The van der Waals surface area contributed by atoms with Crippen molar-refractivity contribution in [3.8, 4) is 0 Å². The fraction of sp³-hybridized carbons (Fsp3) is 0.286. The molecule has 3 rings (SSSR count). The van der Waals surface area contributed by atoms with Gasteiger partial charge in [-0.1, -0.05) is 6.07 Å². The van der Waals surface area contributed by atoms with E-state index in [-0.39, 0.29) is 17.7 Å². The van der Waals surface area contributed by atoms with Crippen LogP contribution in [0.4, 0.5) is 11.4 Å². The van der Waals surface area contributed by atoms with Crippen molar-refractivity contribution >= 4 is 39.1 Å². The van der Waals surface area contributed by atoms with Crippen molar-refractivity contribution in [1.29, 1.82) is 0 Å².